The molecule has 9 heteroatoms. The number of carbonyl (C=O) groups excluding carboxylic acids is 1. The Kier molecular flexibility index (Phi) is 4.26. The first-order valence-electron chi connectivity index (χ1n) is 7.17. The van der Waals surface area contributed by atoms with Gasteiger partial charge in [0.15, 0.2) is 6.29 Å². The van der Waals surface area contributed by atoms with Crippen molar-refractivity contribution in [2.24, 2.45) is 0 Å². The summed E-state index contributed by atoms with van der Waals surface area (Å²) in [5, 5.41) is 20.7. The number of hydrogen-bond donors (Lipinski definition) is 3. The summed E-state index contributed by atoms with van der Waals surface area (Å²) in [6.45, 7) is 4.02. The van der Waals surface area contributed by atoms with Crippen molar-refractivity contribution in [1.82, 2.24) is 20.4 Å². The maximum Gasteiger partial charge on any atom is 0.315 e. The minimum Gasteiger partial charge on any atom is -0.388 e. The minimum atomic E-state index is -0.903. The molecule has 3 heterocycles. The van der Waals surface area contributed by atoms with Gasteiger partial charge in [-0.05, 0) is 13.8 Å². The number of aliphatic hydroxyl groups excluding tert-OH is 1. The van der Waals surface area contributed by atoms with E-state index in [1.54, 1.807) is 6.20 Å². The summed E-state index contributed by atoms with van der Waals surface area (Å²) in [5.41, 5.74) is 0. The first kappa shape index (κ1) is 15.5. The summed E-state index contributed by atoms with van der Waals surface area (Å²) in [5.74, 6) is 0. The topological polar surface area (TPSA) is 97.6 Å². The third kappa shape index (κ3) is 2.91. The molecule has 0 spiro atoms. The Labute approximate surface area is 132 Å². The zero-order chi connectivity index (χ0) is 15.9. The van der Waals surface area contributed by atoms with Crippen LogP contribution in [-0.4, -0.2) is 58.1 Å². The molecule has 8 nitrogen and oxygen atoms in total. The fourth-order valence-electron chi connectivity index (χ4n) is 2.79. The Morgan fingerprint density at radius 1 is 1.59 bits per heavy atom. The maximum absolute atomic E-state index is 11.9. The van der Waals surface area contributed by atoms with Crippen LogP contribution in [0.1, 0.15) is 19.9 Å². The molecule has 2 saturated heterocycles. The lowest BCUT2D eigenvalue weighted by Gasteiger charge is -2.38. The van der Waals surface area contributed by atoms with Crippen LogP contribution in [0.4, 0.5) is 4.79 Å². The highest BCUT2D eigenvalue weighted by molar-refractivity contribution is 6.30. The van der Waals surface area contributed by atoms with Crippen molar-refractivity contribution in [3.8, 4) is 0 Å². The summed E-state index contributed by atoms with van der Waals surface area (Å²) < 4.78 is 12.8. The highest BCUT2D eigenvalue weighted by Gasteiger charge is 2.51. The average molecular weight is 331 g/mol. The van der Waals surface area contributed by atoms with Crippen LogP contribution in [0.15, 0.2) is 12.4 Å². The van der Waals surface area contributed by atoms with Gasteiger partial charge in [0.1, 0.15) is 18.2 Å². The maximum atomic E-state index is 11.9. The van der Waals surface area contributed by atoms with Crippen molar-refractivity contribution in [1.29, 1.82) is 0 Å². The van der Waals surface area contributed by atoms with Crippen molar-refractivity contribution in [2.45, 2.75) is 50.5 Å². The number of aromatic nitrogens is 2. The standard InChI is InChI=1S/C13H19ClN4O4/c1-6(2)16-13(20)17-9-8-5-21-12(22-8)10(11(9)19)18-4-7(14)3-15-18/h3-4,6,8-12,19H,5H2,1-2H3,(H2,16,17,20). The van der Waals surface area contributed by atoms with E-state index in [0.29, 0.717) is 11.6 Å². The van der Waals surface area contributed by atoms with E-state index in [9.17, 15) is 9.90 Å². The predicted octanol–water partition coefficient (Wildman–Crippen LogP) is 0.270. The number of fused-ring (bicyclic) bond motifs is 2. The van der Waals surface area contributed by atoms with Crippen molar-refractivity contribution >= 4 is 17.6 Å². The van der Waals surface area contributed by atoms with Crippen LogP contribution in [0.2, 0.25) is 5.02 Å². The number of amides is 2. The smallest absolute Gasteiger partial charge is 0.315 e. The fourth-order valence-corrected chi connectivity index (χ4v) is 2.94. The Morgan fingerprint density at radius 3 is 3.00 bits per heavy atom. The van der Waals surface area contributed by atoms with E-state index in [1.165, 1.54) is 10.9 Å². The number of rotatable bonds is 3. The van der Waals surface area contributed by atoms with Gasteiger partial charge in [0.25, 0.3) is 0 Å². The van der Waals surface area contributed by atoms with Gasteiger partial charge < -0.3 is 25.2 Å². The largest absolute Gasteiger partial charge is 0.388 e. The molecule has 0 aliphatic carbocycles. The van der Waals surface area contributed by atoms with Gasteiger partial charge in [-0.15, -0.1) is 0 Å². The van der Waals surface area contributed by atoms with Crippen LogP contribution in [0.3, 0.4) is 0 Å². The zero-order valence-electron chi connectivity index (χ0n) is 12.3. The summed E-state index contributed by atoms with van der Waals surface area (Å²) in [7, 11) is 0. The van der Waals surface area contributed by atoms with Gasteiger partial charge >= 0.3 is 6.03 Å². The first-order chi connectivity index (χ1) is 10.5. The molecule has 2 aliphatic rings. The molecule has 0 aromatic carbocycles. The monoisotopic (exact) mass is 330 g/mol. The molecule has 5 atom stereocenters. The number of hydrogen-bond acceptors (Lipinski definition) is 5. The molecule has 3 rings (SSSR count). The second-order valence-corrected chi connectivity index (χ2v) is 6.23. The van der Waals surface area contributed by atoms with Gasteiger partial charge in [0, 0.05) is 12.2 Å². The quantitative estimate of drug-likeness (QED) is 0.739. The van der Waals surface area contributed by atoms with Crippen LogP contribution >= 0.6 is 11.6 Å². The second kappa shape index (κ2) is 6.04. The molecular weight excluding hydrogens is 312 g/mol. The highest BCUT2D eigenvalue weighted by atomic mass is 35.5. The second-order valence-electron chi connectivity index (χ2n) is 5.79. The van der Waals surface area contributed by atoms with Gasteiger partial charge in [0.05, 0.1) is 23.9 Å². The van der Waals surface area contributed by atoms with E-state index in [0.717, 1.165) is 0 Å². The van der Waals surface area contributed by atoms with Gasteiger partial charge in [-0.3, -0.25) is 4.68 Å². The zero-order valence-corrected chi connectivity index (χ0v) is 13.0. The van der Waals surface area contributed by atoms with Crippen LogP contribution in [0.25, 0.3) is 0 Å². The molecule has 3 N–H and O–H groups in total. The van der Waals surface area contributed by atoms with Crippen LogP contribution in [0.5, 0.6) is 0 Å². The average Bonchev–Trinajstić information content (AvgIpc) is 3.03. The van der Waals surface area contributed by atoms with Gasteiger partial charge in [-0.2, -0.15) is 5.10 Å². The van der Waals surface area contributed by atoms with Gasteiger partial charge in [-0.25, -0.2) is 4.79 Å². The molecule has 2 amide bonds. The number of aliphatic hydroxyl groups is 1. The molecule has 2 bridgehead atoms. The fraction of sp³-hybridized carbons (Fsp3) is 0.692. The van der Waals surface area contributed by atoms with E-state index < -0.39 is 24.5 Å². The SMILES string of the molecule is CC(C)NC(=O)NC1C2COC(O2)C(n2cc(Cl)cn2)C1O. The van der Waals surface area contributed by atoms with Crippen molar-refractivity contribution in [3.05, 3.63) is 17.4 Å². The Hall–Kier alpha value is -1.35. The molecule has 1 aromatic heterocycles. The number of halogens is 1. The highest BCUT2D eigenvalue weighted by Crippen LogP contribution is 2.35. The van der Waals surface area contributed by atoms with Crippen molar-refractivity contribution < 1.29 is 19.4 Å². The summed E-state index contributed by atoms with van der Waals surface area (Å²) in [6.07, 6.45) is 1.16. The number of carbonyl (C=O) groups is 1. The van der Waals surface area contributed by atoms with E-state index in [2.05, 4.69) is 15.7 Å². The normalized spacial score (nSPS) is 34.0. The summed E-state index contributed by atoms with van der Waals surface area (Å²) >= 11 is 5.88. The van der Waals surface area contributed by atoms with Crippen LogP contribution in [-0.2, 0) is 9.47 Å². The lowest BCUT2D eigenvalue weighted by atomic mass is 9.96. The van der Waals surface area contributed by atoms with E-state index >= 15 is 0 Å². The van der Waals surface area contributed by atoms with Crippen molar-refractivity contribution in [2.75, 3.05) is 6.61 Å². The van der Waals surface area contributed by atoms with E-state index in [4.69, 9.17) is 21.1 Å². The number of nitrogens with one attached hydrogen (secondary N) is 2. The molecule has 2 fully saturated rings. The van der Waals surface area contributed by atoms with Crippen molar-refractivity contribution in [3.63, 3.8) is 0 Å². The molecule has 2 aliphatic heterocycles. The van der Waals surface area contributed by atoms with E-state index in [1.807, 2.05) is 13.8 Å². The molecule has 22 heavy (non-hydrogen) atoms. The molecule has 0 saturated carbocycles. The third-order valence-corrected chi connectivity index (χ3v) is 3.92. The molecular formula is C13H19ClN4O4. The molecule has 5 unspecified atom stereocenters. The number of urea groups is 1. The van der Waals surface area contributed by atoms with Gasteiger partial charge in [0.2, 0.25) is 0 Å². The number of nitrogens with zero attached hydrogens (tertiary/aromatic N) is 2. The predicted molar refractivity (Wildman–Crippen MR) is 77.5 cm³/mol. The van der Waals surface area contributed by atoms with Crippen LogP contribution in [0, 0.1) is 0 Å². The minimum absolute atomic E-state index is 0.00468. The Balaban J connectivity index is 1.77. The summed E-state index contributed by atoms with van der Waals surface area (Å²) in [6, 6.07) is -1.53. The van der Waals surface area contributed by atoms with Crippen LogP contribution < -0.4 is 10.6 Å². The number of ether oxygens (including phenoxy) is 2. The third-order valence-electron chi connectivity index (χ3n) is 3.72. The Bertz CT molecular complexity index is 552. The summed E-state index contributed by atoms with van der Waals surface area (Å²) in [4.78, 5) is 11.9. The first-order valence-corrected chi connectivity index (χ1v) is 7.55. The van der Waals surface area contributed by atoms with Gasteiger partial charge in [-0.1, -0.05) is 11.6 Å². The van der Waals surface area contributed by atoms with E-state index in [-0.39, 0.29) is 18.2 Å². The molecule has 0 radical (unpaired) electrons. The molecule has 122 valence electrons. The Morgan fingerprint density at radius 2 is 2.36 bits per heavy atom. The molecule has 1 aromatic rings. The lowest BCUT2D eigenvalue weighted by Crippen LogP contribution is -2.60. The lowest BCUT2D eigenvalue weighted by molar-refractivity contribution is -0.166.